The topological polar surface area (TPSA) is 47.4 Å². The molecular formula is C20H25N3O2. The second kappa shape index (κ2) is 6.64. The molecule has 2 aromatic rings. The van der Waals surface area contributed by atoms with Crippen molar-refractivity contribution in [1.29, 1.82) is 0 Å². The number of hydrogen-bond donors (Lipinski definition) is 0. The van der Waals surface area contributed by atoms with Crippen molar-refractivity contribution in [3.05, 3.63) is 52.6 Å². The van der Waals surface area contributed by atoms with Crippen LogP contribution in [0.2, 0.25) is 0 Å². The minimum atomic E-state index is -0.158. The molecule has 0 bridgehead atoms. The van der Waals surface area contributed by atoms with E-state index < -0.39 is 0 Å². The lowest BCUT2D eigenvalue weighted by molar-refractivity contribution is -0.0279. The lowest BCUT2D eigenvalue weighted by Gasteiger charge is -2.33. The molecule has 1 aromatic carbocycles. The number of imidazole rings is 1. The highest BCUT2D eigenvalue weighted by molar-refractivity contribution is 5.94. The summed E-state index contributed by atoms with van der Waals surface area (Å²) >= 11 is 0. The van der Waals surface area contributed by atoms with Crippen LogP contribution in [0.4, 0.5) is 0 Å². The molecule has 0 spiro atoms. The number of fused-ring (bicyclic) bond motifs is 1. The molecule has 5 nitrogen and oxygen atoms in total. The van der Waals surface area contributed by atoms with Gasteiger partial charge in [-0.05, 0) is 55.9 Å². The fourth-order valence-electron chi connectivity index (χ4n) is 3.97. The Balaban J connectivity index is 1.53. The van der Waals surface area contributed by atoms with Crippen LogP contribution in [0.5, 0.6) is 0 Å². The SMILES string of the molecule is Cc1cn(C)c([C@H]2CN(C(=O)c3ccc4c(c3)CCCC4)CCO2)n1. The van der Waals surface area contributed by atoms with Crippen LogP contribution < -0.4 is 0 Å². The minimum absolute atomic E-state index is 0.104. The Bertz CT molecular complexity index is 796. The van der Waals surface area contributed by atoms with Gasteiger partial charge in [0.2, 0.25) is 0 Å². The summed E-state index contributed by atoms with van der Waals surface area (Å²) in [6, 6.07) is 6.23. The summed E-state index contributed by atoms with van der Waals surface area (Å²) in [5, 5.41) is 0. The number of carbonyl (C=O) groups excluding carboxylic acids is 1. The fraction of sp³-hybridized carbons (Fsp3) is 0.500. The van der Waals surface area contributed by atoms with Gasteiger partial charge in [-0.25, -0.2) is 4.98 Å². The second-order valence-electron chi connectivity index (χ2n) is 7.15. The van der Waals surface area contributed by atoms with E-state index in [0.29, 0.717) is 19.7 Å². The van der Waals surface area contributed by atoms with E-state index in [-0.39, 0.29) is 12.0 Å². The highest BCUT2D eigenvalue weighted by Crippen LogP contribution is 2.25. The quantitative estimate of drug-likeness (QED) is 0.845. The fourth-order valence-corrected chi connectivity index (χ4v) is 3.97. The maximum absolute atomic E-state index is 13.0. The molecule has 0 unspecified atom stereocenters. The first kappa shape index (κ1) is 16.3. The Morgan fingerprint density at radius 3 is 2.80 bits per heavy atom. The summed E-state index contributed by atoms with van der Waals surface area (Å²) in [5.74, 6) is 0.994. The first-order chi connectivity index (χ1) is 12.1. The molecule has 1 atom stereocenters. The van der Waals surface area contributed by atoms with Crippen molar-refractivity contribution in [3.8, 4) is 0 Å². The van der Waals surface area contributed by atoms with Crippen molar-refractivity contribution < 1.29 is 9.53 Å². The first-order valence-corrected chi connectivity index (χ1v) is 9.14. The standard InChI is InChI=1S/C20H25N3O2/c1-14-12-22(2)19(21-14)18-13-23(9-10-25-18)20(24)17-8-7-15-5-3-4-6-16(15)11-17/h7-8,11-12,18H,3-6,9-10,13H2,1-2H3/t18-/m1/s1. The number of nitrogens with zero attached hydrogens (tertiary/aromatic N) is 3. The molecule has 132 valence electrons. The third-order valence-electron chi connectivity index (χ3n) is 5.27. The van der Waals surface area contributed by atoms with Crippen LogP contribution >= 0.6 is 0 Å². The molecule has 25 heavy (non-hydrogen) atoms. The largest absolute Gasteiger partial charge is 0.367 e. The molecule has 1 amide bonds. The molecule has 1 aromatic heterocycles. The predicted octanol–water partition coefficient (Wildman–Crippen LogP) is 2.82. The molecule has 0 saturated carbocycles. The van der Waals surface area contributed by atoms with E-state index in [1.807, 2.05) is 35.7 Å². The molecule has 0 N–H and O–H groups in total. The van der Waals surface area contributed by atoms with Crippen LogP contribution in [0.1, 0.15) is 51.9 Å². The van der Waals surface area contributed by atoms with E-state index in [0.717, 1.165) is 29.9 Å². The van der Waals surface area contributed by atoms with Crippen molar-refractivity contribution in [2.75, 3.05) is 19.7 Å². The van der Waals surface area contributed by atoms with Crippen molar-refractivity contribution in [2.45, 2.75) is 38.7 Å². The van der Waals surface area contributed by atoms with E-state index in [2.05, 4.69) is 17.1 Å². The Morgan fingerprint density at radius 2 is 2.04 bits per heavy atom. The van der Waals surface area contributed by atoms with Crippen molar-refractivity contribution in [3.63, 3.8) is 0 Å². The summed E-state index contributed by atoms with van der Waals surface area (Å²) in [6.07, 6.45) is 6.55. The van der Waals surface area contributed by atoms with Crippen LogP contribution in [-0.2, 0) is 24.6 Å². The molecular weight excluding hydrogens is 314 g/mol. The van der Waals surface area contributed by atoms with Gasteiger partial charge in [-0.15, -0.1) is 0 Å². The molecule has 1 saturated heterocycles. The smallest absolute Gasteiger partial charge is 0.254 e. The van der Waals surface area contributed by atoms with Crippen LogP contribution in [0.25, 0.3) is 0 Å². The molecule has 2 aliphatic rings. The van der Waals surface area contributed by atoms with Gasteiger partial charge in [0.05, 0.1) is 18.8 Å². The van der Waals surface area contributed by atoms with E-state index in [4.69, 9.17) is 4.74 Å². The molecule has 1 aliphatic heterocycles. The monoisotopic (exact) mass is 339 g/mol. The van der Waals surface area contributed by atoms with Gasteiger partial charge in [-0.2, -0.15) is 0 Å². The van der Waals surface area contributed by atoms with Gasteiger partial charge in [-0.1, -0.05) is 6.07 Å². The van der Waals surface area contributed by atoms with Gasteiger partial charge in [0.1, 0.15) is 11.9 Å². The van der Waals surface area contributed by atoms with Crippen molar-refractivity contribution >= 4 is 5.91 Å². The summed E-state index contributed by atoms with van der Waals surface area (Å²) < 4.78 is 7.88. The summed E-state index contributed by atoms with van der Waals surface area (Å²) in [5.41, 5.74) is 4.53. The molecule has 1 aliphatic carbocycles. The maximum Gasteiger partial charge on any atom is 0.254 e. The van der Waals surface area contributed by atoms with Crippen molar-refractivity contribution in [2.24, 2.45) is 7.05 Å². The number of rotatable bonds is 2. The second-order valence-corrected chi connectivity index (χ2v) is 7.15. The van der Waals surface area contributed by atoms with Gasteiger partial charge in [-0.3, -0.25) is 4.79 Å². The number of amides is 1. The zero-order valence-corrected chi connectivity index (χ0v) is 15.0. The van der Waals surface area contributed by atoms with Crippen LogP contribution in [0, 0.1) is 6.92 Å². The number of aromatic nitrogens is 2. The molecule has 1 fully saturated rings. The third-order valence-corrected chi connectivity index (χ3v) is 5.27. The lowest BCUT2D eigenvalue weighted by atomic mass is 9.90. The molecule has 0 radical (unpaired) electrons. The van der Waals surface area contributed by atoms with Gasteiger partial charge in [0.25, 0.3) is 5.91 Å². The summed E-state index contributed by atoms with van der Waals surface area (Å²) in [7, 11) is 1.98. The summed E-state index contributed by atoms with van der Waals surface area (Å²) in [4.78, 5) is 19.5. The average Bonchev–Trinajstić information content (AvgIpc) is 2.99. The lowest BCUT2D eigenvalue weighted by Crippen LogP contribution is -2.42. The van der Waals surface area contributed by atoms with E-state index in [1.165, 1.54) is 24.0 Å². The van der Waals surface area contributed by atoms with Gasteiger partial charge in [0, 0.05) is 25.4 Å². The number of hydrogen-bond acceptors (Lipinski definition) is 3. The Kier molecular flexibility index (Phi) is 4.34. The van der Waals surface area contributed by atoms with Gasteiger partial charge in [0.15, 0.2) is 0 Å². The van der Waals surface area contributed by atoms with Crippen LogP contribution in [0.3, 0.4) is 0 Å². The Hall–Kier alpha value is -2.14. The minimum Gasteiger partial charge on any atom is -0.367 e. The number of morpholine rings is 1. The highest BCUT2D eigenvalue weighted by atomic mass is 16.5. The van der Waals surface area contributed by atoms with E-state index >= 15 is 0 Å². The predicted molar refractivity (Wildman–Crippen MR) is 95.6 cm³/mol. The Labute approximate surface area is 148 Å². The third kappa shape index (κ3) is 3.21. The zero-order valence-electron chi connectivity index (χ0n) is 15.0. The van der Waals surface area contributed by atoms with Crippen LogP contribution in [0.15, 0.2) is 24.4 Å². The number of carbonyl (C=O) groups is 1. The molecule has 2 heterocycles. The van der Waals surface area contributed by atoms with E-state index in [1.54, 1.807) is 0 Å². The van der Waals surface area contributed by atoms with Gasteiger partial charge < -0.3 is 14.2 Å². The highest BCUT2D eigenvalue weighted by Gasteiger charge is 2.29. The summed E-state index contributed by atoms with van der Waals surface area (Å²) in [6.45, 7) is 3.71. The van der Waals surface area contributed by atoms with Crippen LogP contribution in [-0.4, -0.2) is 40.1 Å². The Morgan fingerprint density at radius 1 is 1.24 bits per heavy atom. The normalized spacial score (nSPS) is 20.4. The molecule has 5 heteroatoms. The van der Waals surface area contributed by atoms with E-state index in [9.17, 15) is 4.79 Å². The maximum atomic E-state index is 13.0. The van der Waals surface area contributed by atoms with Gasteiger partial charge >= 0.3 is 0 Å². The first-order valence-electron chi connectivity index (χ1n) is 9.14. The average molecular weight is 339 g/mol. The zero-order chi connectivity index (χ0) is 17.4. The number of ether oxygens (including phenoxy) is 1. The molecule has 4 rings (SSSR count). The number of benzene rings is 1. The van der Waals surface area contributed by atoms with Crippen molar-refractivity contribution in [1.82, 2.24) is 14.5 Å². The number of aryl methyl sites for hydroxylation is 4.